The van der Waals surface area contributed by atoms with Crippen molar-refractivity contribution in [3.05, 3.63) is 55.9 Å². The van der Waals surface area contributed by atoms with Crippen molar-refractivity contribution in [1.82, 2.24) is 0 Å². The van der Waals surface area contributed by atoms with E-state index in [1.54, 1.807) is 17.4 Å². The van der Waals surface area contributed by atoms with E-state index in [-0.39, 0.29) is 5.82 Å². The number of thiophene rings is 1. The van der Waals surface area contributed by atoms with Crippen LogP contribution in [0.3, 0.4) is 0 Å². The van der Waals surface area contributed by atoms with Gasteiger partial charge in [0.1, 0.15) is 5.82 Å². The molecule has 4 heteroatoms. The summed E-state index contributed by atoms with van der Waals surface area (Å²) in [5.74, 6) is -0.227. The molecule has 1 unspecified atom stereocenters. The van der Waals surface area contributed by atoms with Crippen LogP contribution >= 0.6 is 27.3 Å². The zero-order valence-corrected chi connectivity index (χ0v) is 12.0. The second kappa shape index (κ2) is 4.44. The minimum atomic E-state index is -0.851. The van der Waals surface area contributed by atoms with Crippen molar-refractivity contribution in [2.45, 2.75) is 24.9 Å². The van der Waals surface area contributed by atoms with Crippen molar-refractivity contribution in [1.29, 1.82) is 0 Å². The van der Waals surface area contributed by atoms with E-state index in [1.807, 2.05) is 11.4 Å². The third-order valence-electron chi connectivity index (χ3n) is 3.52. The molecule has 0 amide bonds. The quantitative estimate of drug-likeness (QED) is 0.883. The van der Waals surface area contributed by atoms with Crippen molar-refractivity contribution in [2.75, 3.05) is 0 Å². The number of fused-ring (bicyclic) bond motifs is 1. The minimum Gasteiger partial charge on any atom is -0.385 e. The smallest absolute Gasteiger partial charge is 0.123 e. The Hall–Kier alpha value is -0.710. The number of rotatable bonds is 2. The molecule has 1 aliphatic rings. The number of benzene rings is 1. The molecular weight excluding hydrogens is 315 g/mol. The van der Waals surface area contributed by atoms with Crippen molar-refractivity contribution in [3.8, 4) is 0 Å². The summed E-state index contributed by atoms with van der Waals surface area (Å²) in [7, 11) is 0. The van der Waals surface area contributed by atoms with Crippen LogP contribution in [0, 0.1) is 5.82 Å². The van der Waals surface area contributed by atoms with E-state index in [0.29, 0.717) is 12.8 Å². The largest absolute Gasteiger partial charge is 0.385 e. The summed E-state index contributed by atoms with van der Waals surface area (Å²) in [4.78, 5) is 1.13. The summed E-state index contributed by atoms with van der Waals surface area (Å²) in [6.45, 7) is 0. The normalized spacial score (nSPS) is 22.2. The molecule has 1 aliphatic carbocycles. The molecular formula is C14H12BrFOS. The molecule has 1 N–H and O–H groups in total. The average Bonchev–Trinajstić information content (AvgIpc) is 2.85. The third kappa shape index (κ3) is 2.02. The Morgan fingerprint density at radius 2 is 2.22 bits per heavy atom. The number of aryl methyl sites for hydroxylation is 1. The van der Waals surface area contributed by atoms with Gasteiger partial charge in [-0.05, 0) is 63.5 Å². The number of hydrogen-bond acceptors (Lipinski definition) is 2. The highest BCUT2D eigenvalue weighted by atomic mass is 79.9. The Labute approximate surface area is 117 Å². The predicted molar refractivity (Wildman–Crippen MR) is 74.3 cm³/mol. The Morgan fingerprint density at radius 1 is 1.39 bits per heavy atom. The minimum absolute atomic E-state index is 0.227. The van der Waals surface area contributed by atoms with E-state index in [1.165, 1.54) is 12.1 Å². The van der Waals surface area contributed by atoms with Crippen LogP contribution in [0.25, 0.3) is 0 Å². The van der Waals surface area contributed by atoms with E-state index in [9.17, 15) is 9.50 Å². The first-order chi connectivity index (χ1) is 8.58. The van der Waals surface area contributed by atoms with E-state index in [4.69, 9.17) is 0 Å². The van der Waals surface area contributed by atoms with Gasteiger partial charge in [0.2, 0.25) is 0 Å². The first kappa shape index (κ1) is 12.3. The fraction of sp³-hybridized carbons (Fsp3) is 0.286. The molecule has 2 aromatic rings. The lowest BCUT2D eigenvalue weighted by Gasteiger charge is -2.23. The molecule has 0 saturated heterocycles. The lowest BCUT2D eigenvalue weighted by molar-refractivity contribution is 0.0396. The van der Waals surface area contributed by atoms with Crippen LogP contribution in [0.1, 0.15) is 22.4 Å². The van der Waals surface area contributed by atoms with Crippen molar-refractivity contribution in [2.24, 2.45) is 0 Å². The maximum Gasteiger partial charge on any atom is 0.123 e. The second-order valence-corrected chi connectivity index (χ2v) is 6.56. The summed E-state index contributed by atoms with van der Waals surface area (Å²) in [5, 5.41) is 12.8. The maximum atomic E-state index is 13.2. The van der Waals surface area contributed by atoms with Gasteiger partial charge in [0.25, 0.3) is 0 Å². The Bertz CT molecular complexity index is 595. The fourth-order valence-electron chi connectivity index (χ4n) is 2.60. The summed E-state index contributed by atoms with van der Waals surface area (Å²) in [6, 6.07) is 6.68. The van der Waals surface area contributed by atoms with Gasteiger partial charge in [-0.3, -0.25) is 0 Å². The lowest BCUT2D eigenvalue weighted by atomic mass is 9.92. The van der Waals surface area contributed by atoms with Crippen molar-refractivity contribution >= 4 is 27.3 Å². The summed E-state index contributed by atoms with van der Waals surface area (Å²) >= 11 is 5.12. The summed E-state index contributed by atoms with van der Waals surface area (Å²) in [6.07, 6.45) is 1.99. The van der Waals surface area contributed by atoms with Crippen LogP contribution in [0.5, 0.6) is 0 Å². The molecule has 18 heavy (non-hydrogen) atoms. The Balaban J connectivity index is 1.97. The van der Waals surface area contributed by atoms with Crippen LogP contribution in [0.2, 0.25) is 0 Å². The zero-order valence-electron chi connectivity index (χ0n) is 9.62. The molecule has 1 heterocycles. The zero-order chi connectivity index (χ0) is 12.8. The molecule has 1 atom stereocenters. The molecule has 0 fully saturated rings. The predicted octanol–water partition coefficient (Wildman–Crippen LogP) is 4.03. The number of halogens is 2. The molecule has 0 bridgehead atoms. The molecule has 0 radical (unpaired) electrons. The van der Waals surface area contributed by atoms with Gasteiger partial charge in [-0.2, -0.15) is 0 Å². The van der Waals surface area contributed by atoms with Gasteiger partial charge < -0.3 is 5.11 Å². The molecule has 0 spiro atoms. The van der Waals surface area contributed by atoms with Crippen LogP contribution in [0.15, 0.2) is 34.1 Å². The third-order valence-corrected chi connectivity index (χ3v) is 5.45. The second-order valence-electron chi connectivity index (χ2n) is 4.70. The first-order valence-electron chi connectivity index (χ1n) is 5.82. The van der Waals surface area contributed by atoms with Gasteiger partial charge in [0.05, 0.1) is 5.60 Å². The highest BCUT2D eigenvalue weighted by Crippen LogP contribution is 2.41. The van der Waals surface area contributed by atoms with E-state index in [2.05, 4.69) is 15.9 Å². The van der Waals surface area contributed by atoms with E-state index >= 15 is 0 Å². The van der Waals surface area contributed by atoms with E-state index in [0.717, 1.165) is 26.9 Å². The van der Waals surface area contributed by atoms with Crippen LogP contribution < -0.4 is 0 Å². The molecule has 1 aromatic carbocycles. The van der Waals surface area contributed by atoms with Crippen LogP contribution in [-0.2, 0) is 18.4 Å². The van der Waals surface area contributed by atoms with E-state index < -0.39 is 5.60 Å². The highest BCUT2D eigenvalue weighted by Gasteiger charge is 2.37. The van der Waals surface area contributed by atoms with Crippen LogP contribution in [0.4, 0.5) is 4.39 Å². The van der Waals surface area contributed by atoms with Gasteiger partial charge >= 0.3 is 0 Å². The topological polar surface area (TPSA) is 20.2 Å². The van der Waals surface area contributed by atoms with Gasteiger partial charge in [0.15, 0.2) is 0 Å². The number of aliphatic hydroxyl groups is 1. The fourth-order valence-corrected chi connectivity index (χ4v) is 4.20. The van der Waals surface area contributed by atoms with Gasteiger partial charge in [-0.25, -0.2) is 4.39 Å². The SMILES string of the molecule is OC1(Cc2sccc2Br)CCc2cc(F)ccc21. The summed E-state index contributed by atoms with van der Waals surface area (Å²) in [5.41, 5.74) is 0.963. The maximum absolute atomic E-state index is 13.2. The monoisotopic (exact) mass is 326 g/mol. The van der Waals surface area contributed by atoms with Gasteiger partial charge in [-0.15, -0.1) is 11.3 Å². The van der Waals surface area contributed by atoms with Crippen LogP contribution in [-0.4, -0.2) is 5.11 Å². The lowest BCUT2D eigenvalue weighted by Crippen LogP contribution is -2.25. The van der Waals surface area contributed by atoms with Crippen molar-refractivity contribution in [3.63, 3.8) is 0 Å². The molecule has 0 saturated carbocycles. The molecule has 3 rings (SSSR count). The Kier molecular flexibility index (Phi) is 3.04. The standard InChI is InChI=1S/C14H12BrFOS/c15-12-4-6-18-13(12)8-14(17)5-3-9-7-10(16)1-2-11(9)14/h1-2,4,6-7,17H,3,5,8H2. The Morgan fingerprint density at radius 3 is 2.94 bits per heavy atom. The molecule has 94 valence electrons. The molecule has 0 aliphatic heterocycles. The van der Waals surface area contributed by atoms with Gasteiger partial charge in [0, 0.05) is 15.8 Å². The number of hydrogen-bond donors (Lipinski definition) is 1. The van der Waals surface area contributed by atoms with Crippen molar-refractivity contribution < 1.29 is 9.50 Å². The first-order valence-corrected chi connectivity index (χ1v) is 7.49. The molecule has 1 aromatic heterocycles. The highest BCUT2D eigenvalue weighted by molar-refractivity contribution is 9.10. The molecule has 1 nitrogen and oxygen atoms in total. The summed E-state index contributed by atoms with van der Waals surface area (Å²) < 4.78 is 14.2. The average molecular weight is 327 g/mol. The van der Waals surface area contributed by atoms with Gasteiger partial charge in [-0.1, -0.05) is 6.07 Å².